The lowest BCUT2D eigenvalue weighted by Gasteiger charge is -2.29. The summed E-state index contributed by atoms with van der Waals surface area (Å²) in [5.74, 6) is 0.223. The molecule has 0 aliphatic carbocycles. The summed E-state index contributed by atoms with van der Waals surface area (Å²) in [5.41, 5.74) is 1.32. The maximum absolute atomic E-state index is 12.2. The van der Waals surface area contributed by atoms with E-state index in [2.05, 4.69) is 29.2 Å². The zero-order valence-electron chi connectivity index (χ0n) is 12.6. The Kier molecular flexibility index (Phi) is 6.57. The van der Waals surface area contributed by atoms with Crippen molar-refractivity contribution < 1.29 is 4.79 Å². The third kappa shape index (κ3) is 4.67. The fourth-order valence-electron chi connectivity index (χ4n) is 2.13. The van der Waals surface area contributed by atoms with Gasteiger partial charge in [0.2, 0.25) is 5.91 Å². The van der Waals surface area contributed by atoms with Crippen molar-refractivity contribution in [2.75, 3.05) is 26.7 Å². The molecule has 19 heavy (non-hydrogen) atoms. The highest BCUT2D eigenvalue weighted by molar-refractivity contribution is 5.81. The van der Waals surface area contributed by atoms with Gasteiger partial charge >= 0.3 is 0 Å². The Morgan fingerprint density at radius 1 is 1.16 bits per heavy atom. The Bertz CT molecular complexity index is 374. The Morgan fingerprint density at radius 3 is 2.26 bits per heavy atom. The smallest absolute Gasteiger partial charge is 0.239 e. The fraction of sp³-hybridized carbons (Fsp3) is 0.562. The number of rotatable bonds is 7. The van der Waals surface area contributed by atoms with E-state index in [-0.39, 0.29) is 11.9 Å². The molecule has 3 heteroatoms. The summed E-state index contributed by atoms with van der Waals surface area (Å²) < 4.78 is 0. The van der Waals surface area contributed by atoms with Crippen LogP contribution >= 0.6 is 0 Å². The number of benzene rings is 1. The molecule has 0 spiro atoms. The van der Waals surface area contributed by atoms with Crippen LogP contribution in [0.15, 0.2) is 30.3 Å². The van der Waals surface area contributed by atoms with Crippen LogP contribution < -0.4 is 0 Å². The van der Waals surface area contributed by atoms with Gasteiger partial charge in [-0.3, -0.25) is 9.69 Å². The minimum Gasteiger partial charge on any atom is -0.342 e. The van der Waals surface area contributed by atoms with Crippen LogP contribution in [0.25, 0.3) is 0 Å². The molecule has 1 atom stereocenters. The lowest BCUT2D eigenvalue weighted by molar-refractivity contribution is -0.135. The molecule has 1 rings (SSSR count). The molecule has 1 amide bonds. The lowest BCUT2D eigenvalue weighted by Crippen LogP contribution is -2.46. The van der Waals surface area contributed by atoms with Gasteiger partial charge in [0.15, 0.2) is 0 Å². The topological polar surface area (TPSA) is 23.6 Å². The van der Waals surface area contributed by atoms with E-state index in [4.69, 9.17) is 0 Å². The number of carbonyl (C=O) groups excluding carboxylic acids is 1. The van der Waals surface area contributed by atoms with Crippen molar-refractivity contribution in [3.63, 3.8) is 0 Å². The van der Waals surface area contributed by atoms with Crippen LogP contribution in [0.2, 0.25) is 0 Å². The van der Waals surface area contributed by atoms with E-state index in [0.29, 0.717) is 0 Å². The zero-order valence-corrected chi connectivity index (χ0v) is 12.6. The van der Waals surface area contributed by atoms with Crippen LogP contribution in [-0.2, 0) is 11.2 Å². The molecule has 1 aromatic carbocycles. The number of likely N-dealkylation sites (N-methyl/N-ethyl adjacent to an activating group) is 2. The first-order chi connectivity index (χ1) is 9.10. The minimum atomic E-state index is -0.0522. The molecule has 0 bridgehead atoms. The highest BCUT2D eigenvalue weighted by atomic mass is 16.2. The van der Waals surface area contributed by atoms with E-state index in [1.807, 2.05) is 38.8 Å². The maximum atomic E-state index is 12.2. The van der Waals surface area contributed by atoms with Crippen LogP contribution in [0.4, 0.5) is 0 Å². The van der Waals surface area contributed by atoms with Gasteiger partial charge in [0.05, 0.1) is 6.04 Å². The quantitative estimate of drug-likeness (QED) is 0.753. The van der Waals surface area contributed by atoms with Gasteiger partial charge in [0, 0.05) is 19.6 Å². The number of carbonyl (C=O) groups is 1. The molecule has 0 saturated heterocycles. The summed E-state index contributed by atoms with van der Waals surface area (Å²) in [4.78, 5) is 16.3. The molecule has 0 aliphatic rings. The van der Waals surface area contributed by atoms with Crippen LogP contribution in [0.3, 0.4) is 0 Å². The SMILES string of the molecule is CCN(CC)C(=O)[C@@H](C)N(C)CCc1ccccc1. The predicted octanol–water partition coefficient (Wildman–Crippen LogP) is 2.42. The summed E-state index contributed by atoms with van der Waals surface area (Å²) in [6.07, 6.45) is 0.979. The molecule has 0 fully saturated rings. The summed E-state index contributed by atoms with van der Waals surface area (Å²) in [6, 6.07) is 10.3. The average molecular weight is 262 g/mol. The fourth-order valence-corrected chi connectivity index (χ4v) is 2.13. The van der Waals surface area contributed by atoms with Gasteiger partial charge in [-0.25, -0.2) is 0 Å². The van der Waals surface area contributed by atoms with Gasteiger partial charge in [-0.1, -0.05) is 30.3 Å². The molecule has 3 nitrogen and oxygen atoms in total. The van der Waals surface area contributed by atoms with Gasteiger partial charge in [0.25, 0.3) is 0 Å². The summed E-state index contributed by atoms with van der Waals surface area (Å²) in [6.45, 7) is 8.51. The van der Waals surface area contributed by atoms with Crippen molar-refractivity contribution in [3.05, 3.63) is 35.9 Å². The number of nitrogens with zero attached hydrogens (tertiary/aromatic N) is 2. The highest BCUT2D eigenvalue weighted by Crippen LogP contribution is 2.05. The Hall–Kier alpha value is -1.35. The van der Waals surface area contributed by atoms with Crippen molar-refractivity contribution >= 4 is 5.91 Å². The molecule has 0 radical (unpaired) electrons. The van der Waals surface area contributed by atoms with E-state index >= 15 is 0 Å². The second-order valence-corrected chi connectivity index (χ2v) is 4.90. The number of hydrogen-bond acceptors (Lipinski definition) is 2. The van der Waals surface area contributed by atoms with Crippen LogP contribution in [-0.4, -0.2) is 48.4 Å². The Morgan fingerprint density at radius 2 is 1.74 bits per heavy atom. The second-order valence-electron chi connectivity index (χ2n) is 4.90. The first-order valence-electron chi connectivity index (χ1n) is 7.13. The molecule has 0 aromatic heterocycles. The summed E-state index contributed by atoms with van der Waals surface area (Å²) in [7, 11) is 2.02. The Labute approximate surface area is 117 Å². The standard InChI is InChI=1S/C16H26N2O/c1-5-18(6-2)16(19)14(3)17(4)13-12-15-10-8-7-9-11-15/h7-11,14H,5-6,12-13H2,1-4H3/t14-/m1/s1. The summed E-state index contributed by atoms with van der Waals surface area (Å²) >= 11 is 0. The van der Waals surface area contributed by atoms with Gasteiger partial charge in [-0.2, -0.15) is 0 Å². The first kappa shape index (κ1) is 15.7. The van der Waals surface area contributed by atoms with Crippen LogP contribution in [0, 0.1) is 0 Å². The highest BCUT2D eigenvalue weighted by Gasteiger charge is 2.21. The largest absolute Gasteiger partial charge is 0.342 e. The number of hydrogen-bond donors (Lipinski definition) is 0. The maximum Gasteiger partial charge on any atom is 0.239 e. The van der Waals surface area contributed by atoms with Crippen molar-refractivity contribution in [2.45, 2.75) is 33.2 Å². The lowest BCUT2D eigenvalue weighted by atomic mass is 10.1. The first-order valence-corrected chi connectivity index (χ1v) is 7.13. The molecule has 1 aromatic rings. The predicted molar refractivity (Wildman–Crippen MR) is 80.2 cm³/mol. The summed E-state index contributed by atoms with van der Waals surface area (Å²) in [5, 5.41) is 0. The molecule has 0 unspecified atom stereocenters. The zero-order chi connectivity index (χ0) is 14.3. The van der Waals surface area contributed by atoms with Gasteiger partial charge in [-0.15, -0.1) is 0 Å². The molecular weight excluding hydrogens is 236 g/mol. The molecular formula is C16H26N2O. The molecule has 0 heterocycles. The van der Waals surface area contributed by atoms with Crippen molar-refractivity contribution in [1.29, 1.82) is 0 Å². The van der Waals surface area contributed by atoms with E-state index < -0.39 is 0 Å². The molecule has 0 saturated carbocycles. The van der Waals surface area contributed by atoms with Gasteiger partial charge in [0.1, 0.15) is 0 Å². The minimum absolute atomic E-state index is 0.0522. The third-order valence-electron chi connectivity index (χ3n) is 3.69. The van der Waals surface area contributed by atoms with Crippen LogP contribution in [0.1, 0.15) is 26.3 Å². The van der Waals surface area contributed by atoms with E-state index in [1.54, 1.807) is 0 Å². The van der Waals surface area contributed by atoms with Crippen LogP contribution in [0.5, 0.6) is 0 Å². The van der Waals surface area contributed by atoms with E-state index in [0.717, 1.165) is 26.1 Å². The van der Waals surface area contributed by atoms with Crippen molar-refractivity contribution in [3.8, 4) is 0 Å². The third-order valence-corrected chi connectivity index (χ3v) is 3.69. The molecule has 0 aliphatic heterocycles. The van der Waals surface area contributed by atoms with Crippen molar-refractivity contribution in [2.24, 2.45) is 0 Å². The Balaban J connectivity index is 2.48. The monoisotopic (exact) mass is 262 g/mol. The second kappa shape index (κ2) is 7.95. The van der Waals surface area contributed by atoms with Crippen molar-refractivity contribution in [1.82, 2.24) is 9.80 Å². The normalized spacial score (nSPS) is 12.5. The number of amides is 1. The average Bonchev–Trinajstić information content (AvgIpc) is 2.46. The van der Waals surface area contributed by atoms with Gasteiger partial charge < -0.3 is 4.90 Å². The van der Waals surface area contributed by atoms with Gasteiger partial charge in [-0.05, 0) is 39.8 Å². The molecule has 0 N–H and O–H groups in total. The van der Waals surface area contributed by atoms with E-state index in [9.17, 15) is 4.79 Å². The molecule has 106 valence electrons. The van der Waals surface area contributed by atoms with E-state index in [1.165, 1.54) is 5.56 Å².